The van der Waals surface area contributed by atoms with Crippen molar-refractivity contribution in [3.63, 3.8) is 0 Å². The topological polar surface area (TPSA) is 71.7 Å². The second-order valence-corrected chi connectivity index (χ2v) is 9.60. The highest BCUT2D eigenvalue weighted by Crippen LogP contribution is 2.22. The maximum Gasteiger partial charge on any atom is 0.333 e. The third kappa shape index (κ3) is 5.34. The summed E-state index contributed by atoms with van der Waals surface area (Å²) in [6.45, 7) is 7.36. The Morgan fingerprint density at radius 2 is 1.66 bits per heavy atom. The molecule has 35 heavy (non-hydrogen) atoms. The number of nitrogens with zero attached hydrogens (tertiary/aromatic N) is 6. The lowest BCUT2D eigenvalue weighted by Crippen LogP contribution is -2.61. The summed E-state index contributed by atoms with van der Waals surface area (Å²) < 4.78 is 7.43. The number of hydrogen-bond acceptors (Lipinski definition) is 6. The Labute approximate surface area is 208 Å². The molecule has 0 spiro atoms. The number of methoxy groups -OCH3 is 1. The SMILES string of the molecule is CCCCCCC[N+]1=C(CN2CCN(c3ccc(OC)cc3)CC2)N=C2C1C(=O)N(C)C(=O)N2C. The number of likely N-dealkylation sites (N-methyl/N-ethyl adjacent to an activating group) is 2. The van der Waals surface area contributed by atoms with Crippen LogP contribution in [0.5, 0.6) is 5.75 Å². The van der Waals surface area contributed by atoms with E-state index >= 15 is 0 Å². The number of rotatable bonds is 10. The summed E-state index contributed by atoms with van der Waals surface area (Å²) in [6, 6.07) is 7.39. The Hall–Kier alpha value is -2.94. The highest BCUT2D eigenvalue weighted by Gasteiger charge is 2.52. The molecule has 3 heterocycles. The van der Waals surface area contributed by atoms with Crippen molar-refractivity contribution >= 4 is 29.3 Å². The minimum absolute atomic E-state index is 0.181. The Balaban J connectivity index is 1.45. The second kappa shape index (κ2) is 11.2. The number of urea groups is 1. The lowest BCUT2D eigenvalue weighted by molar-refractivity contribution is -0.537. The molecule has 9 heteroatoms. The zero-order chi connectivity index (χ0) is 24.9. The van der Waals surface area contributed by atoms with Crippen LogP contribution in [0.3, 0.4) is 0 Å². The fourth-order valence-electron chi connectivity index (χ4n) is 5.08. The van der Waals surface area contributed by atoms with Crippen molar-refractivity contribution in [3.05, 3.63) is 24.3 Å². The Morgan fingerprint density at radius 3 is 2.31 bits per heavy atom. The third-order valence-electron chi connectivity index (χ3n) is 7.29. The fraction of sp³-hybridized carbons (Fsp3) is 0.615. The van der Waals surface area contributed by atoms with Crippen molar-refractivity contribution in [2.24, 2.45) is 4.99 Å². The smallest absolute Gasteiger partial charge is 0.333 e. The summed E-state index contributed by atoms with van der Waals surface area (Å²) >= 11 is 0. The van der Waals surface area contributed by atoms with Gasteiger partial charge in [-0.3, -0.25) is 19.5 Å². The normalized spacial score (nSPS) is 21.1. The minimum Gasteiger partial charge on any atom is -0.497 e. The molecule has 2 saturated heterocycles. The van der Waals surface area contributed by atoms with E-state index in [4.69, 9.17) is 9.73 Å². The first kappa shape index (κ1) is 25.2. The van der Waals surface area contributed by atoms with Gasteiger partial charge >= 0.3 is 11.9 Å². The minimum atomic E-state index is -0.496. The first-order valence-corrected chi connectivity index (χ1v) is 12.8. The van der Waals surface area contributed by atoms with Crippen LogP contribution in [0.4, 0.5) is 10.5 Å². The molecule has 190 valence electrons. The maximum atomic E-state index is 13.1. The van der Waals surface area contributed by atoms with Gasteiger partial charge in [0.1, 0.15) is 12.3 Å². The summed E-state index contributed by atoms with van der Waals surface area (Å²) in [4.78, 5) is 38.0. The fourth-order valence-corrected chi connectivity index (χ4v) is 5.08. The van der Waals surface area contributed by atoms with Gasteiger partial charge in [0.05, 0.1) is 13.7 Å². The molecule has 1 atom stereocenters. The quantitative estimate of drug-likeness (QED) is 0.378. The number of carbonyl (C=O) groups excluding carboxylic acids is 2. The van der Waals surface area contributed by atoms with Crippen molar-refractivity contribution in [1.29, 1.82) is 0 Å². The van der Waals surface area contributed by atoms with Crippen molar-refractivity contribution < 1.29 is 18.9 Å². The lowest BCUT2D eigenvalue weighted by atomic mass is 10.1. The van der Waals surface area contributed by atoms with Crippen LogP contribution < -0.4 is 9.64 Å². The van der Waals surface area contributed by atoms with Gasteiger partial charge in [0.2, 0.25) is 0 Å². The Bertz CT molecular complexity index is 981. The molecule has 9 nitrogen and oxygen atoms in total. The van der Waals surface area contributed by atoms with Crippen molar-refractivity contribution in [2.75, 3.05) is 65.4 Å². The molecular formula is C26H39N6O3+. The number of carbonyl (C=O) groups is 2. The number of amidine groups is 2. The van der Waals surface area contributed by atoms with Gasteiger partial charge in [-0.2, -0.15) is 0 Å². The second-order valence-electron chi connectivity index (χ2n) is 9.60. The van der Waals surface area contributed by atoms with E-state index in [0.717, 1.165) is 57.2 Å². The number of imide groups is 1. The molecule has 1 aromatic carbocycles. The zero-order valence-electron chi connectivity index (χ0n) is 21.6. The summed E-state index contributed by atoms with van der Waals surface area (Å²) in [7, 11) is 4.96. The van der Waals surface area contributed by atoms with E-state index in [1.165, 1.54) is 34.7 Å². The number of amides is 3. The number of aliphatic imine (C=N–C) groups is 1. The van der Waals surface area contributed by atoms with Crippen molar-refractivity contribution in [2.45, 2.75) is 45.1 Å². The number of ether oxygens (including phenoxy) is 1. The van der Waals surface area contributed by atoms with Gasteiger partial charge in [0, 0.05) is 46.0 Å². The molecule has 0 N–H and O–H groups in total. The van der Waals surface area contributed by atoms with Gasteiger partial charge in [0.15, 0.2) is 0 Å². The molecular weight excluding hydrogens is 444 g/mol. The molecule has 0 aliphatic carbocycles. The van der Waals surface area contributed by atoms with Crippen LogP contribution >= 0.6 is 0 Å². The summed E-state index contributed by atoms with van der Waals surface area (Å²) in [5.74, 6) is 2.16. The van der Waals surface area contributed by atoms with E-state index in [-0.39, 0.29) is 11.9 Å². The predicted octanol–water partition coefficient (Wildman–Crippen LogP) is 2.50. The molecule has 3 aliphatic rings. The number of anilines is 1. The van der Waals surface area contributed by atoms with Crippen LogP contribution in [-0.2, 0) is 4.79 Å². The molecule has 0 saturated carbocycles. The van der Waals surface area contributed by atoms with Crippen LogP contribution in [0, 0.1) is 0 Å². The van der Waals surface area contributed by atoms with Crippen LogP contribution in [0.1, 0.15) is 39.0 Å². The lowest BCUT2D eigenvalue weighted by Gasteiger charge is -2.35. The van der Waals surface area contributed by atoms with Gasteiger partial charge in [-0.05, 0) is 42.1 Å². The van der Waals surface area contributed by atoms with Gasteiger partial charge < -0.3 is 9.64 Å². The van der Waals surface area contributed by atoms with Gasteiger partial charge in [-0.1, -0.05) is 26.2 Å². The third-order valence-corrected chi connectivity index (χ3v) is 7.29. The average Bonchev–Trinajstić information content (AvgIpc) is 3.24. The monoisotopic (exact) mass is 483 g/mol. The summed E-state index contributed by atoms with van der Waals surface area (Å²) in [5, 5.41) is 0. The van der Waals surface area contributed by atoms with Crippen LogP contribution in [0.2, 0.25) is 0 Å². The molecule has 3 amide bonds. The average molecular weight is 484 g/mol. The summed E-state index contributed by atoms with van der Waals surface area (Å²) in [5.41, 5.74) is 1.20. The number of piperazine rings is 1. The van der Waals surface area contributed by atoms with Gasteiger partial charge in [-0.25, -0.2) is 9.37 Å². The molecule has 1 unspecified atom stereocenters. The Morgan fingerprint density at radius 1 is 0.971 bits per heavy atom. The number of benzene rings is 1. The number of unbranched alkanes of at least 4 members (excludes halogenated alkanes) is 4. The van der Waals surface area contributed by atoms with E-state index in [2.05, 4.69) is 33.4 Å². The largest absolute Gasteiger partial charge is 0.497 e. The van der Waals surface area contributed by atoms with Gasteiger partial charge in [-0.15, -0.1) is 0 Å². The van der Waals surface area contributed by atoms with Gasteiger partial charge in [0.25, 0.3) is 17.8 Å². The van der Waals surface area contributed by atoms with E-state index in [1.54, 1.807) is 21.2 Å². The molecule has 0 bridgehead atoms. The molecule has 0 radical (unpaired) electrons. The highest BCUT2D eigenvalue weighted by atomic mass is 16.5. The van der Waals surface area contributed by atoms with Crippen molar-refractivity contribution in [3.8, 4) is 5.75 Å². The van der Waals surface area contributed by atoms with E-state index in [9.17, 15) is 9.59 Å². The first-order valence-electron chi connectivity index (χ1n) is 12.8. The molecule has 3 aliphatic heterocycles. The number of fused-ring (bicyclic) bond motifs is 1. The highest BCUT2D eigenvalue weighted by molar-refractivity contribution is 6.23. The zero-order valence-corrected chi connectivity index (χ0v) is 21.6. The molecule has 0 aromatic heterocycles. The molecule has 4 rings (SSSR count). The molecule has 1 aromatic rings. The standard InChI is InChI=1S/C26H39N6O3/c1-5-6-7-8-9-14-32-22(27-24-23(32)25(33)29(3)26(34)28(24)2)19-30-15-17-31(18-16-30)20-10-12-21(35-4)13-11-20/h10-13,23H,5-9,14-19H2,1-4H3/q+1. The van der Waals surface area contributed by atoms with E-state index in [0.29, 0.717) is 12.4 Å². The van der Waals surface area contributed by atoms with E-state index < -0.39 is 6.04 Å². The number of hydrogen-bond donors (Lipinski definition) is 0. The predicted molar refractivity (Wildman–Crippen MR) is 138 cm³/mol. The van der Waals surface area contributed by atoms with Crippen LogP contribution in [0.25, 0.3) is 0 Å². The Kier molecular flexibility index (Phi) is 8.05. The summed E-state index contributed by atoms with van der Waals surface area (Å²) in [6.07, 6.45) is 5.80. The van der Waals surface area contributed by atoms with E-state index in [1.807, 2.05) is 12.1 Å². The first-order chi connectivity index (χ1) is 16.9. The molecule has 2 fully saturated rings. The van der Waals surface area contributed by atoms with Crippen LogP contribution in [-0.4, -0.2) is 109 Å². The van der Waals surface area contributed by atoms with Crippen molar-refractivity contribution in [1.82, 2.24) is 14.7 Å². The maximum absolute atomic E-state index is 13.1. The van der Waals surface area contributed by atoms with Crippen LogP contribution in [0.15, 0.2) is 29.3 Å².